The molecule has 2 aliphatic rings. The molecule has 3 aromatic heterocycles. The van der Waals surface area contributed by atoms with E-state index in [0.717, 1.165) is 64.8 Å². The maximum atomic E-state index is 13.9. The lowest BCUT2D eigenvalue weighted by molar-refractivity contribution is -0.124. The van der Waals surface area contributed by atoms with Gasteiger partial charge < -0.3 is 10.2 Å². The van der Waals surface area contributed by atoms with Crippen LogP contribution in [0.5, 0.6) is 0 Å². The Morgan fingerprint density at radius 2 is 1.85 bits per heavy atom. The normalized spacial score (nSPS) is 17.0. The summed E-state index contributed by atoms with van der Waals surface area (Å²) >= 11 is 0. The van der Waals surface area contributed by atoms with Gasteiger partial charge in [-0.2, -0.15) is 0 Å². The molecular formula is C26H24N6O. The van der Waals surface area contributed by atoms with Crippen LogP contribution < -0.4 is 10.2 Å². The van der Waals surface area contributed by atoms with Crippen molar-refractivity contribution in [3.63, 3.8) is 0 Å². The monoisotopic (exact) mass is 436 g/mol. The van der Waals surface area contributed by atoms with Crippen LogP contribution in [0.1, 0.15) is 29.7 Å². The minimum atomic E-state index is -0.479. The van der Waals surface area contributed by atoms with Crippen LogP contribution in [0.4, 0.5) is 5.69 Å². The molecule has 0 atom stereocenters. The zero-order chi connectivity index (χ0) is 22.4. The van der Waals surface area contributed by atoms with Gasteiger partial charge in [0.1, 0.15) is 6.33 Å². The summed E-state index contributed by atoms with van der Waals surface area (Å²) < 4.78 is 0. The van der Waals surface area contributed by atoms with Gasteiger partial charge >= 0.3 is 0 Å². The number of carbonyl (C=O) groups is 1. The lowest BCUT2D eigenvalue weighted by Gasteiger charge is -2.33. The number of aromatic nitrogens is 4. The van der Waals surface area contributed by atoms with E-state index < -0.39 is 5.41 Å². The minimum absolute atomic E-state index is 0.146. The van der Waals surface area contributed by atoms with Crippen LogP contribution in [-0.4, -0.2) is 38.9 Å². The summed E-state index contributed by atoms with van der Waals surface area (Å²) in [6.45, 7) is 4.12. The van der Waals surface area contributed by atoms with E-state index >= 15 is 0 Å². The fraction of sp³-hybridized carbons (Fsp3) is 0.269. The van der Waals surface area contributed by atoms with Crippen LogP contribution in [0.3, 0.4) is 0 Å². The molecule has 0 bridgehead atoms. The number of piperidine rings is 1. The van der Waals surface area contributed by atoms with Crippen molar-refractivity contribution in [1.29, 1.82) is 0 Å². The summed E-state index contributed by atoms with van der Waals surface area (Å²) in [5.41, 5.74) is 5.37. The predicted molar refractivity (Wildman–Crippen MR) is 127 cm³/mol. The van der Waals surface area contributed by atoms with Gasteiger partial charge in [0.05, 0.1) is 29.5 Å². The smallest absolute Gasteiger partial charge is 0.238 e. The molecule has 0 saturated carbocycles. The molecule has 0 unspecified atom stereocenters. The molecule has 2 aliphatic heterocycles. The van der Waals surface area contributed by atoms with Crippen molar-refractivity contribution in [2.24, 2.45) is 0 Å². The zero-order valence-electron chi connectivity index (χ0n) is 18.5. The molecule has 1 fully saturated rings. The number of hydrogen-bond donors (Lipinski definition) is 1. The molecule has 7 heteroatoms. The quantitative estimate of drug-likeness (QED) is 0.529. The van der Waals surface area contributed by atoms with Gasteiger partial charge in [-0.3, -0.25) is 14.8 Å². The van der Waals surface area contributed by atoms with E-state index in [1.807, 2.05) is 35.8 Å². The summed E-state index contributed by atoms with van der Waals surface area (Å²) in [6, 6.07) is 8.36. The number of nitrogens with one attached hydrogen (secondary N) is 1. The largest absolute Gasteiger partial charge is 0.317 e. The van der Waals surface area contributed by atoms with Gasteiger partial charge in [0.15, 0.2) is 0 Å². The highest BCUT2D eigenvalue weighted by Gasteiger charge is 2.51. The van der Waals surface area contributed by atoms with Crippen LogP contribution in [0.2, 0.25) is 0 Å². The fourth-order valence-corrected chi connectivity index (χ4v) is 5.39. The molecule has 164 valence electrons. The first-order chi connectivity index (χ1) is 16.2. The van der Waals surface area contributed by atoms with Crippen molar-refractivity contribution in [2.45, 2.75) is 31.7 Å². The second-order valence-electron chi connectivity index (χ2n) is 8.91. The number of benzene rings is 1. The lowest BCUT2D eigenvalue weighted by atomic mass is 9.74. The van der Waals surface area contributed by atoms with Gasteiger partial charge in [-0.25, -0.2) is 9.97 Å². The van der Waals surface area contributed by atoms with E-state index in [4.69, 9.17) is 4.98 Å². The van der Waals surface area contributed by atoms with Crippen molar-refractivity contribution >= 4 is 22.4 Å². The highest BCUT2D eigenvalue weighted by molar-refractivity contribution is 6.08. The summed E-state index contributed by atoms with van der Waals surface area (Å²) in [5, 5.41) is 5.53. The Balaban J connectivity index is 1.50. The third kappa shape index (κ3) is 3.11. The molecule has 33 heavy (non-hydrogen) atoms. The van der Waals surface area contributed by atoms with Crippen LogP contribution in [0.25, 0.3) is 21.9 Å². The average Bonchev–Trinajstić information content (AvgIpc) is 3.07. The molecule has 1 amide bonds. The van der Waals surface area contributed by atoms with Crippen molar-refractivity contribution in [2.75, 3.05) is 18.0 Å². The van der Waals surface area contributed by atoms with Gasteiger partial charge in [-0.15, -0.1) is 0 Å². The molecule has 1 N–H and O–H groups in total. The summed E-state index contributed by atoms with van der Waals surface area (Å²) in [6.07, 6.45) is 12.2. The maximum absolute atomic E-state index is 13.9. The first kappa shape index (κ1) is 19.9. The Hall–Kier alpha value is -3.71. The minimum Gasteiger partial charge on any atom is -0.317 e. The second-order valence-corrected chi connectivity index (χ2v) is 8.91. The van der Waals surface area contributed by atoms with E-state index in [9.17, 15) is 4.79 Å². The molecule has 6 rings (SSSR count). The molecule has 1 spiro atoms. The third-order valence-electron chi connectivity index (χ3n) is 7.00. The number of anilines is 1. The molecule has 5 heterocycles. The Kier molecular flexibility index (Phi) is 4.66. The standard InChI is InChI=1S/C26H24N6O/c1-17-2-3-20-18(10-17)13-31-22(24(20)19-11-29-16-30-12-19)15-32-23-14-28-7-4-21(23)26(25(32)33)5-8-27-9-6-26/h2-4,7,10-14,16,27H,5-6,8-9,15H2,1H3. The van der Waals surface area contributed by atoms with Gasteiger partial charge in [-0.05, 0) is 55.9 Å². The predicted octanol–water partition coefficient (Wildman–Crippen LogP) is 3.56. The number of aryl methyl sites for hydroxylation is 1. The van der Waals surface area contributed by atoms with Gasteiger partial charge in [0.2, 0.25) is 5.91 Å². The number of fused-ring (bicyclic) bond motifs is 3. The molecular weight excluding hydrogens is 412 g/mol. The van der Waals surface area contributed by atoms with Crippen molar-refractivity contribution in [3.05, 3.63) is 78.4 Å². The number of rotatable bonds is 3. The number of nitrogens with zero attached hydrogens (tertiary/aromatic N) is 5. The molecule has 1 saturated heterocycles. The zero-order valence-corrected chi connectivity index (χ0v) is 18.5. The van der Waals surface area contributed by atoms with Crippen molar-refractivity contribution in [3.8, 4) is 11.1 Å². The SMILES string of the molecule is Cc1ccc2c(-c3cncnc3)c(CN3C(=O)C4(CCNCC4)c4ccncc43)ncc2c1. The van der Waals surface area contributed by atoms with E-state index in [1.165, 1.54) is 11.9 Å². The van der Waals surface area contributed by atoms with Crippen LogP contribution >= 0.6 is 0 Å². The average molecular weight is 437 g/mol. The molecule has 0 radical (unpaired) electrons. The number of carbonyl (C=O) groups excluding carboxylic acids is 1. The highest BCUT2D eigenvalue weighted by atomic mass is 16.2. The van der Waals surface area contributed by atoms with Gasteiger partial charge in [0.25, 0.3) is 0 Å². The second kappa shape index (κ2) is 7.71. The fourth-order valence-electron chi connectivity index (χ4n) is 5.39. The van der Waals surface area contributed by atoms with E-state index in [-0.39, 0.29) is 5.91 Å². The van der Waals surface area contributed by atoms with Crippen LogP contribution in [0.15, 0.2) is 61.6 Å². The van der Waals surface area contributed by atoms with E-state index in [2.05, 4.69) is 45.4 Å². The van der Waals surface area contributed by atoms with Crippen molar-refractivity contribution in [1.82, 2.24) is 25.3 Å². The maximum Gasteiger partial charge on any atom is 0.238 e. The number of pyridine rings is 2. The van der Waals surface area contributed by atoms with Gasteiger partial charge in [0, 0.05) is 41.3 Å². The van der Waals surface area contributed by atoms with Crippen LogP contribution in [-0.2, 0) is 16.8 Å². The van der Waals surface area contributed by atoms with Crippen molar-refractivity contribution < 1.29 is 4.79 Å². The topological polar surface area (TPSA) is 83.9 Å². The Morgan fingerprint density at radius 3 is 2.67 bits per heavy atom. The van der Waals surface area contributed by atoms with E-state index in [1.54, 1.807) is 6.20 Å². The summed E-state index contributed by atoms with van der Waals surface area (Å²) in [7, 11) is 0. The molecule has 4 aromatic rings. The van der Waals surface area contributed by atoms with Crippen LogP contribution in [0, 0.1) is 6.92 Å². The highest BCUT2D eigenvalue weighted by Crippen LogP contribution is 2.47. The molecule has 0 aliphatic carbocycles. The first-order valence-electron chi connectivity index (χ1n) is 11.3. The summed E-state index contributed by atoms with van der Waals surface area (Å²) in [4.78, 5) is 33.5. The Bertz CT molecular complexity index is 1360. The van der Waals surface area contributed by atoms with E-state index in [0.29, 0.717) is 6.54 Å². The Morgan fingerprint density at radius 1 is 1.03 bits per heavy atom. The Labute approximate surface area is 191 Å². The lowest BCUT2D eigenvalue weighted by Crippen LogP contribution is -2.47. The molecule has 1 aromatic carbocycles. The molecule has 7 nitrogen and oxygen atoms in total. The summed E-state index contributed by atoms with van der Waals surface area (Å²) in [5.74, 6) is 0.146. The first-order valence-corrected chi connectivity index (χ1v) is 11.3. The number of amides is 1. The van der Waals surface area contributed by atoms with Gasteiger partial charge in [-0.1, -0.05) is 17.7 Å². The third-order valence-corrected chi connectivity index (χ3v) is 7.00. The number of hydrogen-bond acceptors (Lipinski definition) is 6.